The van der Waals surface area contributed by atoms with Gasteiger partial charge in [-0.05, 0) is 11.6 Å². The van der Waals surface area contributed by atoms with E-state index in [9.17, 15) is 8.42 Å². The molecular formula is C9H9NO3S. The van der Waals surface area contributed by atoms with Crippen molar-refractivity contribution in [1.29, 1.82) is 0 Å². The van der Waals surface area contributed by atoms with Crippen LogP contribution in [0.1, 0.15) is 5.56 Å². The molecule has 0 spiro atoms. The zero-order chi connectivity index (χ0) is 10.4. The van der Waals surface area contributed by atoms with E-state index >= 15 is 0 Å². The average Bonchev–Trinajstić information content (AvgIpc) is 2.13. The molecular weight excluding hydrogens is 202 g/mol. The van der Waals surface area contributed by atoms with E-state index in [1.54, 1.807) is 6.08 Å². The summed E-state index contributed by atoms with van der Waals surface area (Å²) in [5, 5.41) is 0. The highest BCUT2D eigenvalue weighted by molar-refractivity contribution is 7.84. The van der Waals surface area contributed by atoms with Gasteiger partial charge in [0, 0.05) is 6.21 Å². The van der Waals surface area contributed by atoms with Gasteiger partial charge in [-0.1, -0.05) is 36.4 Å². The lowest BCUT2D eigenvalue weighted by Gasteiger charge is -1.88. The number of hydrogen-bond acceptors (Lipinski definition) is 2. The molecule has 14 heavy (non-hydrogen) atoms. The highest BCUT2D eigenvalue weighted by atomic mass is 32.2. The van der Waals surface area contributed by atoms with Crippen LogP contribution in [0.15, 0.2) is 40.8 Å². The molecule has 74 valence electrons. The van der Waals surface area contributed by atoms with E-state index in [0.29, 0.717) is 0 Å². The smallest absolute Gasteiger partial charge is 0.268 e. The van der Waals surface area contributed by atoms with Gasteiger partial charge in [-0.25, -0.2) is 0 Å². The van der Waals surface area contributed by atoms with Crippen molar-refractivity contribution in [3.63, 3.8) is 0 Å². The number of nitrogens with zero attached hydrogens (tertiary/aromatic N) is 1. The van der Waals surface area contributed by atoms with Gasteiger partial charge in [0.1, 0.15) is 0 Å². The van der Waals surface area contributed by atoms with Gasteiger partial charge in [-0.15, -0.1) is 4.40 Å². The largest absolute Gasteiger partial charge is 0.378 e. The van der Waals surface area contributed by atoms with Gasteiger partial charge in [0.2, 0.25) is 0 Å². The lowest BCUT2D eigenvalue weighted by molar-refractivity contribution is 0.485. The summed E-state index contributed by atoms with van der Waals surface area (Å²) in [4.78, 5) is 0. The predicted octanol–water partition coefficient (Wildman–Crippen LogP) is 1.57. The maximum atomic E-state index is 10.2. The van der Waals surface area contributed by atoms with Crippen LogP contribution in [0.4, 0.5) is 0 Å². The van der Waals surface area contributed by atoms with Crippen LogP contribution in [0.25, 0.3) is 6.08 Å². The topological polar surface area (TPSA) is 66.7 Å². The molecule has 0 aliphatic rings. The Morgan fingerprint density at radius 3 is 2.43 bits per heavy atom. The Balaban J connectivity index is 2.63. The first-order valence-corrected chi connectivity index (χ1v) is 5.22. The molecule has 0 atom stereocenters. The van der Waals surface area contributed by atoms with Crippen molar-refractivity contribution in [3.8, 4) is 0 Å². The fraction of sp³-hybridized carbons (Fsp3) is 0. The Bertz CT molecular complexity index is 434. The molecule has 5 heteroatoms. The number of allylic oxidation sites excluding steroid dienone is 1. The fourth-order valence-corrected chi connectivity index (χ4v) is 1.05. The summed E-state index contributed by atoms with van der Waals surface area (Å²) in [5.74, 6) is 0. The van der Waals surface area contributed by atoms with Crippen LogP contribution >= 0.6 is 0 Å². The summed E-state index contributed by atoms with van der Waals surface area (Å²) in [6.07, 6.45) is 4.13. The molecule has 0 aromatic heterocycles. The molecule has 0 fully saturated rings. The van der Waals surface area contributed by atoms with Gasteiger partial charge in [0.25, 0.3) is 0 Å². The first-order valence-electron chi connectivity index (χ1n) is 3.82. The lowest BCUT2D eigenvalue weighted by Crippen LogP contribution is -1.89. The maximum absolute atomic E-state index is 10.2. The van der Waals surface area contributed by atoms with Crippen molar-refractivity contribution in [3.05, 3.63) is 42.0 Å². The molecule has 0 heterocycles. The van der Waals surface area contributed by atoms with Gasteiger partial charge in [-0.2, -0.15) is 8.42 Å². The van der Waals surface area contributed by atoms with Crippen molar-refractivity contribution in [1.82, 2.24) is 0 Å². The molecule has 0 saturated heterocycles. The van der Waals surface area contributed by atoms with Crippen LogP contribution in [-0.2, 0) is 10.3 Å². The first-order chi connectivity index (χ1) is 6.58. The summed E-state index contributed by atoms with van der Waals surface area (Å²) in [6, 6.07) is 9.32. The third-order valence-electron chi connectivity index (χ3n) is 1.37. The second-order valence-corrected chi connectivity index (χ2v) is 3.58. The molecule has 0 saturated carbocycles. The second-order valence-electron chi connectivity index (χ2n) is 2.47. The van der Waals surface area contributed by atoms with E-state index in [0.717, 1.165) is 11.8 Å². The van der Waals surface area contributed by atoms with Crippen LogP contribution in [0.3, 0.4) is 0 Å². The van der Waals surface area contributed by atoms with Gasteiger partial charge in [0.15, 0.2) is 0 Å². The molecule has 1 N–H and O–H groups in total. The second kappa shape index (κ2) is 4.69. The molecule has 0 bridgehead atoms. The molecule has 0 amide bonds. The van der Waals surface area contributed by atoms with Gasteiger partial charge < -0.3 is 0 Å². The standard InChI is InChI=1S/C9H9NO3S/c11-14(12,13)10-8-4-7-9-5-2-1-3-6-9/h1-8H,(H,11,12,13)/b7-4+,10-8?. The van der Waals surface area contributed by atoms with E-state index in [1.165, 1.54) is 6.08 Å². The number of hydrogen-bond donors (Lipinski definition) is 1. The van der Waals surface area contributed by atoms with Crippen molar-refractivity contribution in [2.45, 2.75) is 0 Å². The van der Waals surface area contributed by atoms with E-state index in [1.807, 2.05) is 30.3 Å². The Kier molecular flexibility index (Phi) is 3.55. The summed E-state index contributed by atoms with van der Waals surface area (Å²) in [7, 11) is -4.26. The van der Waals surface area contributed by atoms with E-state index in [2.05, 4.69) is 4.40 Å². The molecule has 0 aliphatic heterocycles. The molecule has 0 aliphatic carbocycles. The minimum atomic E-state index is -4.26. The lowest BCUT2D eigenvalue weighted by atomic mass is 10.2. The summed E-state index contributed by atoms with van der Waals surface area (Å²) < 4.78 is 31.5. The monoisotopic (exact) mass is 211 g/mol. The van der Waals surface area contributed by atoms with Crippen molar-refractivity contribution < 1.29 is 13.0 Å². The highest BCUT2D eigenvalue weighted by Gasteiger charge is 1.92. The van der Waals surface area contributed by atoms with E-state index in [-0.39, 0.29) is 0 Å². The van der Waals surface area contributed by atoms with Crippen molar-refractivity contribution >= 4 is 22.6 Å². The quantitative estimate of drug-likeness (QED) is 0.609. The van der Waals surface area contributed by atoms with Crippen molar-refractivity contribution in [2.24, 2.45) is 4.40 Å². The summed E-state index contributed by atoms with van der Waals surface area (Å²) >= 11 is 0. The Labute approximate surface area is 82.5 Å². The van der Waals surface area contributed by atoms with Crippen LogP contribution < -0.4 is 0 Å². The minimum Gasteiger partial charge on any atom is -0.268 e. The van der Waals surface area contributed by atoms with Crippen LogP contribution in [-0.4, -0.2) is 19.2 Å². The third kappa shape index (κ3) is 4.54. The van der Waals surface area contributed by atoms with E-state index < -0.39 is 10.3 Å². The number of rotatable bonds is 3. The normalized spacial score (nSPS) is 12.6. The fourth-order valence-electron chi connectivity index (χ4n) is 0.830. The van der Waals surface area contributed by atoms with Crippen LogP contribution in [0, 0.1) is 0 Å². The zero-order valence-corrected chi connectivity index (χ0v) is 8.05. The Hall–Kier alpha value is -1.46. The van der Waals surface area contributed by atoms with Crippen LogP contribution in [0.5, 0.6) is 0 Å². The maximum Gasteiger partial charge on any atom is 0.378 e. The SMILES string of the molecule is O=S(=O)(O)N=C/C=C/c1ccccc1. The average molecular weight is 211 g/mol. The highest BCUT2D eigenvalue weighted by Crippen LogP contribution is 1.99. The van der Waals surface area contributed by atoms with Gasteiger partial charge >= 0.3 is 10.3 Å². The zero-order valence-electron chi connectivity index (χ0n) is 7.24. The summed E-state index contributed by atoms with van der Waals surface area (Å²) in [6.45, 7) is 0. The number of benzene rings is 1. The van der Waals surface area contributed by atoms with Crippen molar-refractivity contribution in [2.75, 3.05) is 0 Å². The molecule has 1 aromatic rings. The molecule has 1 rings (SSSR count). The van der Waals surface area contributed by atoms with Gasteiger partial charge in [-0.3, -0.25) is 4.55 Å². The Morgan fingerprint density at radius 1 is 1.21 bits per heavy atom. The van der Waals surface area contributed by atoms with Gasteiger partial charge in [0.05, 0.1) is 0 Å². The first kappa shape index (κ1) is 10.6. The van der Waals surface area contributed by atoms with Crippen LogP contribution in [0.2, 0.25) is 0 Å². The Morgan fingerprint density at radius 2 is 1.86 bits per heavy atom. The summed E-state index contributed by atoms with van der Waals surface area (Å²) in [5.41, 5.74) is 0.925. The third-order valence-corrected chi connectivity index (χ3v) is 1.76. The minimum absolute atomic E-state index is 0.925. The molecule has 4 nitrogen and oxygen atoms in total. The molecule has 1 aromatic carbocycles. The van der Waals surface area contributed by atoms with E-state index in [4.69, 9.17) is 4.55 Å². The molecule has 0 radical (unpaired) electrons. The molecule has 0 unspecified atom stereocenters. The predicted molar refractivity (Wildman–Crippen MR) is 55.5 cm³/mol.